The van der Waals surface area contributed by atoms with E-state index in [0.29, 0.717) is 25.2 Å². The molecule has 1 N–H and O–H groups in total. The number of piperidine rings is 1. The van der Waals surface area contributed by atoms with Crippen molar-refractivity contribution in [3.63, 3.8) is 0 Å². The van der Waals surface area contributed by atoms with E-state index in [-0.39, 0.29) is 6.10 Å². The van der Waals surface area contributed by atoms with Crippen molar-refractivity contribution in [3.8, 4) is 5.88 Å². The molecule has 2 saturated heterocycles. The molecule has 2 unspecified atom stereocenters. The molecular weight excluding hydrogens is 256 g/mol. The van der Waals surface area contributed by atoms with Crippen molar-refractivity contribution in [3.05, 3.63) is 23.9 Å². The average molecular weight is 278 g/mol. The normalized spacial score (nSPS) is 29.4. The summed E-state index contributed by atoms with van der Waals surface area (Å²) in [6.45, 7) is 6.98. The lowest BCUT2D eigenvalue weighted by Gasteiger charge is -2.36. The van der Waals surface area contributed by atoms with Gasteiger partial charge in [0.2, 0.25) is 5.88 Å². The summed E-state index contributed by atoms with van der Waals surface area (Å²) in [7, 11) is 0. The van der Waals surface area contributed by atoms with E-state index >= 15 is 0 Å². The Bertz CT molecular complexity index is 466. The smallest absolute Gasteiger partial charge is 0.213 e. The van der Waals surface area contributed by atoms with E-state index in [1.165, 1.54) is 0 Å². The minimum atomic E-state index is -0.414. The van der Waals surface area contributed by atoms with Crippen molar-refractivity contribution in [1.29, 1.82) is 0 Å². The van der Waals surface area contributed by atoms with Crippen LogP contribution in [0.15, 0.2) is 18.2 Å². The van der Waals surface area contributed by atoms with Gasteiger partial charge in [-0.25, -0.2) is 4.98 Å². The highest BCUT2D eigenvalue weighted by atomic mass is 16.7. The lowest BCUT2D eigenvalue weighted by atomic mass is 9.86. The zero-order chi connectivity index (χ0) is 14.0. The number of pyridine rings is 1. The fourth-order valence-corrected chi connectivity index (χ4v) is 2.76. The van der Waals surface area contributed by atoms with Gasteiger partial charge < -0.3 is 19.5 Å². The van der Waals surface area contributed by atoms with E-state index in [0.717, 1.165) is 25.2 Å². The van der Waals surface area contributed by atoms with Gasteiger partial charge in [-0.1, -0.05) is 19.9 Å². The van der Waals surface area contributed by atoms with Gasteiger partial charge in [0, 0.05) is 12.6 Å². The number of rotatable bonds is 4. The molecule has 110 valence electrons. The predicted molar refractivity (Wildman–Crippen MR) is 74.6 cm³/mol. The molecule has 5 nitrogen and oxygen atoms in total. The Morgan fingerprint density at radius 3 is 3.25 bits per heavy atom. The average Bonchev–Trinajstić information content (AvgIpc) is 2.90. The quantitative estimate of drug-likeness (QED) is 0.908. The molecule has 2 aliphatic rings. The number of hydrogen-bond acceptors (Lipinski definition) is 5. The van der Waals surface area contributed by atoms with Crippen LogP contribution in [0.2, 0.25) is 0 Å². The molecular formula is C15H22N2O3. The SMILES string of the molecule is CC(C)COc1cccc(C23CCNCC2OCO3)n1. The third-order valence-electron chi connectivity index (χ3n) is 3.83. The topological polar surface area (TPSA) is 52.6 Å². The summed E-state index contributed by atoms with van der Waals surface area (Å²) in [6, 6.07) is 5.89. The van der Waals surface area contributed by atoms with Crippen LogP contribution < -0.4 is 10.1 Å². The summed E-state index contributed by atoms with van der Waals surface area (Å²) in [5.74, 6) is 1.15. The molecule has 5 heteroatoms. The second-order valence-corrected chi connectivity index (χ2v) is 5.83. The van der Waals surface area contributed by atoms with Gasteiger partial charge in [-0.2, -0.15) is 0 Å². The van der Waals surface area contributed by atoms with Crippen molar-refractivity contribution < 1.29 is 14.2 Å². The van der Waals surface area contributed by atoms with Crippen LogP contribution in [0.3, 0.4) is 0 Å². The van der Waals surface area contributed by atoms with Crippen LogP contribution in [0.1, 0.15) is 26.0 Å². The minimum absolute atomic E-state index is 0.0316. The summed E-state index contributed by atoms with van der Waals surface area (Å²) < 4.78 is 17.3. The van der Waals surface area contributed by atoms with Crippen LogP contribution in [0.25, 0.3) is 0 Å². The van der Waals surface area contributed by atoms with Gasteiger partial charge in [0.25, 0.3) is 0 Å². The van der Waals surface area contributed by atoms with Crippen LogP contribution in [0, 0.1) is 5.92 Å². The second kappa shape index (κ2) is 5.68. The molecule has 0 aromatic carbocycles. The first-order valence-electron chi connectivity index (χ1n) is 7.27. The van der Waals surface area contributed by atoms with Crippen molar-refractivity contribution >= 4 is 0 Å². The minimum Gasteiger partial charge on any atom is -0.477 e. The Morgan fingerprint density at radius 1 is 1.50 bits per heavy atom. The van der Waals surface area contributed by atoms with E-state index in [2.05, 4.69) is 24.1 Å². The maximum absolute atomic E-state index is 5.93. The Morgan fingerprint density at radius 2 is 2.40 bits per heavy atom. The summed E-state index contributed by atoms with van der Waals surface area (Å²) in [5.41, 5.74) is 0.505. The van der Waals surface area contributed by atoms with Gasteiger partial charge >= 0.3 is 0 Å². The third kappa shape index (κ3) is 2.53. The Kier molecular flexibility index (Phi) is 3.92. The first-order valence-corrected chi connectivity index (χ1v) is 7.27. The van der Waals surface area contributed by atoms with E-state index in [1.807, 2.05) is 18.2 Å². The Hall–Kier alpha value is -1.17. The molecule has 3 rings (SSSR count). The lowest BCUT2D eigenvalue weighted by Crippen LogP contribution is -2.50. The van der Waals surface area contributed by atoms with Crippen LogP contribution in [-0.2, 0) is 15.1 Å². The number of nitrogens with zero attached hydrogens (tertiary/aromatic N) is 1. The van der Waals surface area contributed by atoms with Crippen LogP contribution >= 0.6 is 0 Å². The number of aromatic nitrogens is 1. The molecule has 0 radical (unpaired) electrons. The molecule has 1 aromatic heterocycles. The molecule has 2 fully saturated rings. The highest BCUT2D eigenvalue weighted by molar-refractivity contribution is 5.24. The van der Waals surface area contributed by atoms with Crippen LogP contribution in [0.5, 0.6) is 5.88 Å². The molecule has 0 saturated carbocycles. The summed E-state index contributed by atoms with van der Waals surface area (Å²) in [6.07, 6.45) is 0.905. The highest BCUT2D eigenvalue weighted by Crippen LogP contribution is 2.40. The highest BCUT2D eigenvalue weighted by Gasteiger charge is 2.49. The Balaban J connectivity index is 1.83. The molecule has 0 spiro atoms. The molecule has 2 aliphatic heterocycles. The summed E-state index contributed by atoms with van der Waals surface area (Å²) in [5, 5.41) is 3.34. The van der Waals surface area contributed by atoms with E-state index in [9.17, 15) is 0 Å². The molecule has 2 atom stereocenters. The molecule has 0 amide bonds. The zero-order valence-electron chi connectivity index (χ0n) is 12.1. The molecule has 1 aromatic rings. The molecule has 0 bridgehead atoms. The molecule has 3 heterocycles. The van der Waals surface area contributed by atoms with Crippen LogP contribution in [0.4, 0.5) is 0 Å². The fourth-order valence-electron chi connectivity index (χ4n) is 2.76. The van der Waals surface area contributed by atoms with E-state index < -0.39 is 5.60 Å². The monoisotopic (exact) mass is 278 g/mol. The standard InChI is InChI=1S/C15H22N2O3/c1-11(2)9-18-14-5-3-4-12(17-14)15-6-7-16-8-13(15)19-10-20-15/h3-5,11,13,16H,6-10H2,1-2H3. The number of fused-ring (bicyclic) bond motifs is 1. The third-order valence-corrected chi connectivity index (χ3v) is 3.83. The number of hydrogen-bond donors (Lipinski definition) is 1. The largest absolute Gasteiger partial charge is 0.477 e. The Labute approximate surface area is 119 Å². The number of ether oxygens (including phenoxy) is 3. The molecule has 20 heavy (non-hydrogen) atoms. The number of nitrogens with one attached hydrogen (secondary N) is 1. The first kappa shape index (κ1) is 13.8. The van der Waals surface area contributed by atoms with Crippen molar-refractivity contribution in [1.82, 2.24) is 10.3 Å². The van der Waals surface area contributed by atoms with Crippen molar-refractivity contribution in [2.75, 3.05) is 26.5 Å². The van der Waals surface area contributed by atoms with Gasteiger partial charge in [0.1, 0.15) is 18.5 Å². The first-order chi connectivity index (χ1) is 9.71. The fraction of sp³-hybridized carbons (Fsp3) is 0.667. The second-order valence-electron chi connectivity index (χ2n) is 5.83. The summed E-state index contributed by atoms with van der Waals surface area (Å²) in [4.78, 5) is 4.65. The summed E-state index contributed by atoms with van der Waals surface area (Å²) >= 11 is 0. The van der Waals surface area contributed by atoms with Gasteiger partial charge in [0.15, 0.2) is 0 Å². The van der Waals surface area contributed by atoms with E-state index in [4.69, 9.17) is 14.2 Å². The maximum atomic E-state index is 5.93. The van der Waals surface area contributed by atoms with Gasteiger partial charge in [0.05, 0.1) is 12.3 Å². The van der Waals surface area contributed by atoms with Crippen molar-refractivity contribution in [2.45, 2.75) is 32.0 Å². The maximum Gasteiger partial charge on any atom is 0.213 e. The van der Waals surface area contributed by atoms with Crippen molar-refractivity contribution in [2.24, 2.45) is 5.92 Å². The zero-order valence-corrected chi connectivity index (χ0v) is 12.1. The van der Waals surface area contributed by atoms with Gasteiger partial charge in [-0.3, -0.25) is 0 Å². The van der Waals surface area contributed by atoms with Crippen LogP contribution in [-0.4, -0.2) is 37.6 Å². The predicted octanol–water partition coefficient (Wildman–Crippen LogP) is 1.68. The van der Waals surface area contributed by atoms with Gasteiger partial charge in [-0.05, 0) is 24.9 Å². The van der Waals surface area contributed by atoms with Gasteiger partial charge in [-0.15, -0.1) is 0 Å². The lowest BCUT2D eigenvalue weighted by molar-refractivity contribution is -0.0303. The molecule has 0 aliphatic carbocycles. The van der Waals surface area contributed by atoms with E-state index in [1.54, 1.807) is 0 Å².